The molecule has 12 heteroatoms. The number of phenolic OH excluding ortho intramolecular Hbond substituents is 2. The lowest BCUT2D eigenvalue weighted by Gasteiger charge is -2.29. The third-order valence-electron chi connectivity index (χ3n) is 6.71. The second-order valence-electron chi connectivity index (χ2n) is 9.72. The molecule has 1 aromatic carbocycles. The van der Waals surface area contributed by atoms with Crippen LogP contribution in [0.2, 0.25) is 0 Å². The summed E-state index contributed by atoms with van der Waals surface area (Å²) < 4.78 is 10.8. The normalized spacial score (nSPS) is 19.5. The lowest BCUT2D eigenvalue weighted by Crippen LogP contribution is -2.42. The number of aromatic nitrogens is 2. The fourth-order valence-corrected chi connectivity index (χ4v) is 4.47. The van der Waals surface area contributed by atoms with Gasteiger partial charge in [-0.05, 0) is 27.7 Å². The van der Waals surface area contributed by atoms with Crippen molar-refractivity contribution in [1.29, 1.82) is 0 Å². The summed E-state index contributed by atoms with van der Waals surface area (Å²) in [7, 11) is 0. The Morgan fingerprint density at radius 3 is 2.42 bits per heavy atom. The molecule has 2 aliphatic rings. The van der Waals surface area contributed by atoms with Gasteiger partial charge in [0, 0.05) is 23.3 Å². The molecule has 0 spiro atoms. The van der Waals surface area contributed by atoms with E-state index in [9.17, 15) is 29.4 Å². The minimum atomic E-state index is -1.64. The molecule has 12 nitrogen and oxygen atoms in total. The summed E-state index contributed by atoms with van der Waals surface area (Å²) in [6.45, 7) is 9.14. The standard InChI is InChI=1S/C26H28N4O8/c1-10(2)25-29-17(38-30-25)9-28-16(33)8-27-12(4)18-14(32)7-15-26(6,24(18)36)20-22(35)11(3)21(34)19(13(5)31)23(20)37-15/h7,10,27,34-35H,8-9H2,1-6H3,(H,28,33)/b18-12+/t26-/m0/s1. The van der Waals surface area contributed by atoms with Gasteiger partial charge in [0.1, 0.15) is 34.0 Å². The third-order valence-corrected chi connectivity index (χ3v) is 6.71. The molecule has 1 aliphatic carbocycles. The molecule has 4 rings (SSSR count). The minimum absolute atomic E-state index is 0.00327. The molecular weight excluding hydrogens is 496 g/mol. The lowest BCUT2D eigenvalue weighted by molar-refractivity contribution is -0.124. The Hall–Kier alpha value is -4.48. The minimum Gasteiger partial charge on any atom is -0.507 e. The van der Waals surface area contributed by atoms with Crippen LogP contribution in [0, 0.1) is 6.92 Å². The number of Topliss-reactive ketones (excluding diaryl/α,β-unsaturated/α-hetero) is 2. The smallest absolute Gasteiger partial charge is 0.246 e. The maximum Gasteiger partial charge on any atom is 0.246 e. The molecule has 1 aromatic heterocycles. The average molecular weight is 525 g/mol. The summed E-state index contributed by atoms with van der Waals surface area (Å²) in [5.41, 5.74) is -1.92. The van der Waals surface area contributed by atoms with E-state index in [0.717, 1.165) is 6.08 Å². The Kier molecular flexibility index (Phi) is 6.60. The van der Waals surface area contributed by atoms with Crippen LogP contribution in [-0.2, 0) is 26.3 Å². The van der Waals surface area contributed by atoms with Crippen molar-refractivity contribution in [2.45, 2.75) is 59.4 Å². The first-order valence-electron chi connectivity index (χ1n) is 11.9. The highest BCUT2D eigenvalue weighted by Gasteiger charge is 2.56. The highest BCUT2D eigenvalue weighted by molar-refractivity contribution is 6.31. The topological polar surface area (TPSA) is 181 Å². The van der Waals surface area contributed by atoms with Gasteiger partial charge < -0.3 is 30.1 Å². The van der Waals surface area contributed by atoms with Crippen molar-refractivity contribution >= 4 is 23.3 Å². The van der Waals surface area contributed by atoms with E-state index in [4.69, 9.17) is 9.26 Å². The third kappa shape index (κ3) is 4.11. The number of nitrogens with one attached hydrogen (secondary N) is 2. The van der Waals surface area contributed by atoms with Gasteiger partial charge in [-0.3, -0.25) is 19.2 Å². The van der Waals surface area contributed by atoms with Gasteiger partial charge in [-0.1, -0.05) is 19.0 Å². The summed E-state index contributed by atoms with van der Waals surface area (Å²) in [6.07, 6.45) is 1.11. The maximum absolute atomic E-state index is 13.8. The van der Waals surface area contributed by atoms with E-state index in [1.165, 1.54) is 27.7 Å². The van der Waals surface area contributed by atoms with Crippen molar-refractivity contribution in [2.75, 3.05) is 6.54 Å². The second kappa shape index (κ2) is 9.43. The molecule has 0 fully saturated rings. The number of benzene rings is 1. The number of fused-ring (bicyclic) bond motifs is 3. The Morgan fingerprint density at radius 2 is 1.82 bits per heavy atom. The van der Waals surface area contributed by atoms with Crippen molar-refractivity contribution in [1.82, 2.24) is 20.8 Å². The molecule has 1 amide bonds. The highest BCUT2D eigenvalue weighted by atomic mass is 16.5. The number of nitrogens with zero attached hydrogens (tertiary/aromatic N) is 2. The molecule has 1 aliphatic heterocycles. The molecule has 200 valence electrons. The number of ether oxygens (including phenoxy) is 1. The lowest BCUT2D eigenvalue weighted by atomic mass is 9.70. The Morgan fingerprint density at radius 1 is 1.13 bits per heavy atom. The average Bonchev–Trinajstić information content (AvgIpc) is 3.43. The first-order valence-corrected chi connectivity index (χ1v) is 11.9. The molecule has 2 heterocycles. The Bertz CT molecular complexity index is 1470. The highest BCUT2D eigenvalue weighted by Crippen LogP contribution is 2.57. The number of ketones is 3. The number of hydrogen-bond acceptors (Lipinski definition) is 11. The Balaban J connectivity index is 1.59. The molecule has 38 heavy (non-hydrogen) atoms. The summed E-state index contributed by atoms with van der Waals surface area (Å²) in [4.78, 5) is 55.5. The van der Waals surface area contributed by atoms with Crippen molar-refractivity contribution in [3.8, 4) is 17.2 Å². The van der Waals surface area contributed by atoms with Gasteiger partial charge in [0.05, 0.1) is 24.2 Å². The van der Waals surface area contributed by atoms with Crippen molar-refractivity contribution in [3.05, 3.63) is 51.5 Å². The maximum atomic E-state index is 13.8. The van der Waals surface area contributed by atoms with E-state index in [-0.39, 0.29) is 64.4 Å². The molecule has 2 aromatic rings. The molecular formula is C26H28N4O8. The number of rotatable bonds is 7. The van der Waals surface area contributed by atoms with E-state index >= 15 is 0 Å². The molecule has 4 N–H and O–H groups in total. The molecule has 0 bridgehead atoms. The molecule has 0 saturated carbocycles. The van der Waals surface area contributed by atoms with E-state index in [0.29, 0.717) is 5.82 Å². The van der Waals surface area contributed by atoms with Gasteiger partial charge in [0.15, 0.2) is 23.2 Å². The van der Waals surface area contributed by atoms with Crippen LogP contribution >= 0.6 is 0 Å². The Labute approximate surface area is 217 Å². The SMILES string of the molecule is CC(=O)c1c(O)c(C)c(O)c2c1OC1=CC(=O)/C(=C(/C)NCC(=O)NCc3nc(C(C)C)no3)C(=O)[C@@]12C. The predicted molar refractivity (Wildman–Crippen MR) is 132 cm³/mol. The van der Waals surface area contributed by atoms with Crippen molar-refractivity contribution < 1.29 is 38.7 Å². The summed E-state index contributed by atoms with van der Waals surface area (Å²) in [5, 5.41) is 30.5. The zero-order valence-corrected chi connectivity index (χ0v) is 21.8. The van der Waals surface area contributed by atoms with Crippen LogP contribution in [0.5, 0.6) is 17.2 Å². The number of hydrogen-bond donors (Lipinski definition) is 4. The van der Waals surface area contributed by atoms with Crippen LogP contribution in [0.4, 0.5) is 0 Å². The largest absolute Gasteiger partial charge is 0.507 e. The number of carbonyl (C=O) groups is 4. The van der Waals surface area contributed by atoms with E-state index in [1.54, 1.807) is 0 Å². The first-order chi connectivity index (χ1) is 17.8. The van der Waals surface area contributed by atoms with Crippen molar-refractivity contribution in [3.63, 3.8) is 0 Å². The molecule has 0 saturated heterocycles. The molecule has 0 radical (unpaired) electrons. The van der Waals surface area contributed by atoms with Gasteiger partial charge in [-0.2, -0.15) is 4.98 Å². The van der Waals surface area contributed by atoms with Crippen LogP contribution in [0.1, 0.15) is 73.7 Å². The monoisotopic (exact) mass is 524 g/mol. The van der Waals surface area contributed by atoms with Gasteiger partial charge in [0.2, 0.25) is 11.8 Å². The number of amides is 1. The van der Waals surface area contributed by atoms with Crippen LogP contribution in [0.15, 0.2) is 27.6 Å². The molecule has 1 atom stereocenters. The van der Waals surface area contributed by atoms with Gasteiger partial charge >= 0.3 is 0 Å². The van der Waals surface area contributed by atoms with Crippen LogP contribution < -0.4 is 15.4 Å². The zero-order valence-electron chi connectivity index (χ0n) is 21.8. The van der Waals surface area contributed by atoms with E-state index in [1.807, 2.05) is 13.8 Å². The number of allylic oxidation sites excluding steroid dienone is 4. The summed E-state index contributed by atoms with van der Waals surface area (Å²) in [5.74, 6) is -2.62. The van der Waals surface area contributed by atoms with Crippen molar-refractivity contribution in [2.24, 2.45) is 0 Å². The number of carbonyl (C=O) groups excluding carboxylic acids is 4. The van der Waals surface area contributed by atoms with Gasteiger partial charge in [-0.15, -0.1) is 0 Å². The van der Waals surface area contributed by atoms with E-state index in [2.05, 4.69) is 20.8 Å². The quantitative estimate of drug-likeness (QED) is 0.236. The van der Waals surface area contributed by atoms with Crippen LogP contribution in [0.3, 0.4) is 0 Å². The summed E-state index contributed by atoms with van der Waals surface area (Å²) in [6, 6.07) is 0. The fourth-order valence-electron chi connectivity index (χ4n) is 4.47. The van der Waals surface area contributed by atoms with Crippen LogP contribution in [0.25, 0.3) is 0 Å². The van der Waals surface area contributed by atoms with Crippen LogP contribution in [-0.4, -0.2) is 50.2 Å². The predicted octanol–water partition coefficient (Wildman–Crippen LogP) is 1.98. The number of phenols is 2. The van der Waals surface area contributed by atoms with Gasteiger partial charge in [-0.25, -0.2) is 0 Å². The first kappa shape index (κ1) is 26.6. The fraction of sp³-hybridized carbons (Fsp3) is 0.385. The number of aromatic hydroxyl groups is 2. The zero-order chi connectivity index (χ0) is 28.1. The van der Waals surface area contributed by atoms with E-state index < -0.39 is 40.2 Å². The second-order valence-corrected chi connectivity index (χ2v) is 9.72. The molecule has 0 unspecified atom stereocenters. The summed E-state index contributed by atoms with van der Waals surface area (Å²) >= 11 is 0. The van der Waals surface area contributed by atoms with Gasteiger partial charge in [0.25, 0.3) is 0 Å².